The summed E-state index contributed by atoms with van der Waals surface area (Å²) in [6.45, 7) is 9.67. The summed E-state index contributed by atoms with van der Waals surface area (Å²) >= 11 is 0. The molecule has 0 saturated heterocycles. The summed E-state index contributed by atoms with van der Waals surface area (Å²) < 4.78 is 5.21. The van der Waals surface area contributed by atoms with Crippen LogP contribution in [0.3, 0.4) is 0 Å². The molecule has 0 heterocycles. The van der Waals surface area contributed by atoms with Gasteiger partial charge in [-0.2, -0.15) is 0 Å². The average Bonchev–Trinajstić information content (AvgIpc) is 2.15. The molecule has 1 atom stereocenters. The Morgan fingerprint density at radius 1 is 1.53 bits per heavy atom. The monoisotopic (exact) mass is 243 g/mol. The van der Waals surface area contributed by atoms with E-state index in [4.69, 9.17) is 4.74 Å². The molecule has 4 nitrogen and oxygen atoms in total. The van der Waals surface area contributed by atoms with Crippen LogP contribution >= 0.6 is 0 Å². The summed E-state index contributed by atoms with van der Waals surface area (Å²) in [4.78, 5) is 13.1. The lowest BCUT2D eigenvalue weighted by molar-refractivity contribution is 0.0289. The smallest absolute Gasteiger partial charge is 0.410 e. The molecule has 0 aliphatic carbocycles. The number of hydrogen-bond acceptors (Lipinski definition) is 3. The van der Waals surface area contributed by atoms with Crippen molar-refractivity contribution < 1.29 is 14.6 Å². The maximum atomic E-state index is 11.6. The van der Waals surface area contributed by atoms with Crippen molar-refractivity contribution in [3.05, 3.63) is 12.7 Å². The number of nitrogens with zero attached hydrogens (tertiary/aromatic N) is 1. The van der Waals surface area contributed by atoms with Gasteiger partial charge in [-0.1, -0.05) is 6.08 Å². The van der Waals surface area contributed by atoms with E-state index < -0.39 is 5.60 Å². The molecule has 17 heavy (non-hydrogen) atoms. The third-order valence-electron chi connectivity index (χ3n) is 2.17. The lowest BCUT2D eigenvalue weighted by atomic mass is 10.1. The van der Waals surface area contributed by atoms with Gasteiger partial charge in [0.15, 0.2) is 0 Å². The predicted molar refractivity (Wildman–Crippen MR) is 68.9 cm³/mol. The number of amides is 1. The zero-order valence-electron chi connectivity index (χ0n) is 11.4. The van der Waals surface area contributed by atoms with Crippen LogP contribution in [0, 0.1) is 0 Å². The molecule has 0 aromatic rings. The van der Waals surface area contributed by atoms with Crippen molar-refractivity contribution in [2.75, 3.05) is 13.6 Å². The highest BCUT2D eigenvalue weighted by Gasteiger charge is 2.19. The summed E-state index contributed by atoms with van der Waals surface area (Å²) in [6.07, 6.45) is 3.03. The maximum Gasteiger partial charge on any atom is 0.410 e. The zero-order chi connectivity index (χ0) is 13.5. The van der Waals surface area contributed by atoms with Crippen molar-refractivity contribution in [1.29, 1.82) is 0 Å². The molecule has 0 aliphatic rings. The fourth-order valence-corrected chi connectivity index (χ4v) is 1.31. The Kier molecular flexibility index (Phi) is 6.88. The first-order valence-corrected chi connectivity index (χ1v) is 5.99. The van der Waals surface area contributed by atoms with Crippen LogP contribution in [0.4, 0.5) is 4.79 Å². The van der Waals surface area contributed by atoms with Crippen LogP contribution < -0.4 is 0 Å². The number of aliphatic hydroxyl groups is 1. The highest BCUT2D eigenvalue weighted by atomic mass is 16.6. The largest absolute Gasteiger partial charge is 0.444 e. The second kappa shape index (κ2) is 7.33. The highest BCUT2D eigenvalue weighted by Crippen LogP contribution is 2.10. The SMILES string of the molecule is C=CCC(O)CCCN(C)C(=O)OC(C)(C)C. The molecule has 0 saturated carbocycles. The molecule has 100 valence electrons. The molecule has 0 spiro atoms. The fourth-order valence-electron chi connectivity index (χ4n) is 1.31. The van der Waals surface area contributed by atoms with E-state index >= 15 is 0 Å². The van der Waals surface area contributed by atoms with Gasteiger partial charge in [0.1, 0.15) is 5.60 Å². The Bertz CT molecular complexity index is 246. The molecular weight excluding hydrogens is 218 g/mol. The molecular formula is C13H25NO3. The first kappa shape index (κ1) is 16.0. The minimum absolute atomic E-state index is 0.323. The first-order chi connectivity index (χ1) is 7.76. The van der Waals surface area contributed by atoms with Gasteiger partial charge < -0.3 is 14.7 Å². The van der Waals surface area contributed by atoms with Gasteiger partial charge in [-0.15, -0.1) is 6.58 Å². The van der Waals surface area contributed by atoms with E-state index in [0.717, 1.165) is 6.42 Å². The summed E-state index contributed by atoms with van der Waals surface area (Å²) in [5, 5.41) is 9.48. The van der Waals surface area contributed by atoms with Gasteiger partial charge in [-0.05, 0) is 40.0 Å². The van der Waals surface area contributed by atoms with Crippen molar-refractivity contribution in [2.45, 2.75) is 51.7 Å². The van der Waals surface area contributed by atoms with Crippen LogP contribution in [-0.2, 0) is 4.74 Å². The van der Waals surface area contributed by atoms with E-state index in [1.807, 2.05) is 20.8 Å². The number of rotatable bonds is 6. The van der Waals surface area contributed by atoms with Gasteiger partial charge in [0.25, 0.3) is 0 Å². The Morgan fingerprint density at radius 2 is 2.12 bits per heavy atom. The summed E-state index contributed by atoms with van der Waals surface area (Å²) in [5.41, 5.74) is -0.465. The molecule has 0 radical (unpaired) electrons. The van der Waals surface area contributed by atoms with Crippen LogP contribution in [0.25, 0.3) is 0 Å². The van der Waals surface area contributed by atoms with Gasteiger partial charge in [0.05, 0.1) is 6.10 Å². The Balaban J connectivity index is 3.82. The molecule has 0 fully saturated rings. The fraction of sp³-hybridized carbons (Fsp3) is 0.769. The third-order valence-corrected chi connectivity index (χ3v) is 2.17. The normalized spacial score (nSPS) is 13.0. The Labute approximate surface area is 104 Å². The molecule has 1 N–H and O–H groups in total. The third kappa shape index (κ3) is 8.74. The van der Waals surface area contributed by atoms with Gasteiger partial charge in [-0.25, -0.2) is 4.79 Å². The van der Waals surface area contributed by atoms with Crippen LogP contribution in [0.15, 0.2) is 12.7 Å². The number of hydrogen-bond donors (Lipinski definition) is 1. The lowest BCUT2D eigenvalue weighted by Crippen LogP contribution is -2.34. The van der Waals surface area contributed by atoms with Crippen molar-refractivity contribution in [1.82, 2.24) is 4.90 Å². The predicted octanol–water partition coefficient (Wildman–Crippen LogP) is 2.57. The molecule has 0 rings (SSSR count). The van der Waals surface area contributed by atoms with E-state index in [9.17, 15) is 9.90 Å². The van der Waals surface area contributed by atoms with Crippen molar-refractivity contribution >= 4 is 6.09 Å². The minimum Gasteiger partial charge on any atom is -0.444 e. The average molecular weight is 243 g/mol. The van der Waals surface area contributed by atoms with Crippen LogP contribution in [0.5, 0.6) is 0 Å². The van der Waals surface area contributed by atoms with Crippen LogP contribution in [0.2, 0.25) is 0 Å². The molecule has 1 unspecified atom stereocenters. The number of carbonyl (C=O) groups excluding carboxylic acids is 1. The van der Waals surface area contributed by atoms with E-state index in [1.54, 1.807) is 13.1 Å². The summed E-state index contributed by atoms with van der Waals surface area (Å²) in [6, 6.07) is 0. The second-order valence-electron chi connectivity index (χ2n) is 5.22. The van der Waals surface area contributed by atoms with E-state index in [0.29, 0.717) is 19.4 Å². The van der Waals surface area contributed by atoms with Crippen molar-refractivity contribution in [2.24, 2.45) is 0 Å². The minimum atomic E-state index is -0.465. The highest BCUT2D eigenvalue weighted by molar-refractivity contribution is 5.67. The van der Waals surface area contributed by atoms with Gasteiger partial charge >= 0.3 is 6.09 Å². The van der Waals surface area contributed by atoms with Crippen LogP contribution in [-0.4, -0.2) is 41.4 Å². The van der Waals surface area contributed by atoms with E-state index in [1.165, 1.54) is 4.90 Å². The standard InChI is InChI=1S/C13H25NO3/c1-6-8-11(15)9-7-10-14(5)12(16)17-13(2,3)4/h6,11,15H,1,7-10H2,2-5H3. The maximum absolute atomic E-state index is 11.6. The topological polar surface area (TPSA) is 49.8 Å². The lowest BCUT2D eigenvalue weighted by Gasteiger charge is -2.24. The van der Waals surface area contributed by atoms with Gasteiger partial charge in [0, 0.05) is 13.6 Å². The molecule has 0 aromatic carbocycles. The number of ether oxygens (including phenoxy) is 1. The van der Waals surface area contributed by atoms with E-state index in [-0.39, 0.29) is 12.2 Å². The molecule has 0 aliphatic heterocycles. The quantitative estimate of drug-likeness (QED) is 0.729. The Hall–Kier alpha value is -1.03. The Morgan fingerprint density at radius 3 is 2.59 bits per heavy atom. The second-order valence-corrected chi connectivity index (χ2v) is 5.22. The number of carbonyl (C=O) groups is 1. The first-order valence-electron chi connectivity index (χ1n) is 5.99. The molecule has 0 bridgehead atoms. The number of aliphatic hydroxyl groups excluding tert-OH is 1. The van der Waals surface area contributed by atoms with Gasteiger partial charge in [0.2, 0.25) is 0 Å². The summed E-state index contributed by atoms with van der Waals surface area (Å²) in [5.74, 6) is 0. The van der Waals surface area contributed by atoms with E-state index in [2.05, 4.69) is 6.58 Å². The molecule has 0 aromatic heterocycles. The molecule has 1 amide bonds. The molecule has 4 heteroatoms. The summed E-state index contributed by atoms with van der Waals surface area (Å²) in [7, 11) is 1.70. The van der Waals surface area contributed by atoms with Crippen molar-refractivity contribution in [3.8, 4) is 0 Å². The van der Waals surface area contributed by atoms with Crippen LogP contribution in [0.1, 0.15) is 40.0 Å². The van der Waals surface area contributed by atoms with Gasteiger partial charge in [-0.3, -0.25) is 0 Å². The zero-order valence-corrected chi connectivity index (χ0v) is 11.4. The van der Waals surface area contributed by atoms with Crippen molar-refractivity contribution in [3.63, 3.8) is 0 Å².